The third-order valence-corrected chi connectivity index (χ3v) is 2.76. The third kappa shape index (κ3) is 1.85. The van der Waals surface area contributed by atoms with E-state index in [0.29, 0.717) is 0 Å². The van der Waals surface area contributed by atoms with Gasteiger partial charge in [0, 0.05) is 16.6 Å². The van der Waals surface area contributed by atoms with Crippen molar-refractivity contribution >= 4 is 28.1 Å². The van der Waals surface area contributed by atoms with Crippen molar-refractivity contribution < 1.29 is 8.78 Å². The minimum atomic E-state index is -2.44. The Morgan fingerprint density at radius 3 is 3.00 bits per heavy atom. The molecule has 2 rings (SSSR count). The number of hydrogen-bond acceptors (Lipinski definition) is 1. The van der Waals surface area contributed by atoms with Crippen molar-refractivity contribution in [2.24, 2.45) is 0 Å². The van der Waals surface area contributed by atoms with Crippen molar-refractivity contribution in [2.45, 2.75) is 17.7 Å². The van der Waals surface area contributed by atoms with E-state index >= 15 is 0 Å². The number of nitrogens with zero attached hydrogens (tertiary/aromatic N) is 1. The highest BCUT2D eigenvalue weighted by molar-refractivity contribution is 9.09. The Labute approximate surface area is 88.3 Å². The van der Waals surface area contributed by atoms with E-state index in [4.69, 9.17) is 0 Å². The van der Waals surface area contributed by atoms with Gasteiger partial charge in [0.05, 0.1) is 5.35 Å². The molecule has 0 fully saturated rings. The number of alkyl halides is 3. The van der Waals surface area contributed by atoms with Gasteiger partial charge in [-0.2, -0.15) is 0 Å². The molecule has 0 aliphatic heterocycles. The van der Waals surface area contributed by atoms with Crippen molar-refractivity contribution in [3.05, 3.63) is 28.4 Å². The topological polar surface area (TPSA) is 12.9 Å². The van der Waals surface area contributed by atoms with Crippen LogP contribution in [0.3, 0.4) is 0 Å². The summed E-state index contributed by atoms with van der Waals surface area (Å²) < 4.78 is 24.7. The Morgan fingerprint density at radius 2 is 2.29 bits per heavy atom. The number of fused-ring (bicyclic) bond motifs is 1. The summed E-state index contributed by atoms with van der Waals surface area (Å²) in [5.74, 6) is 0. The molecule has 1 aliphatic rings. The molecule has 1 nitrogen and oxygen atoms in total. The highest BCUT2D eigenvalue weighted by atomic mass is 79.9. The Hall–Kier alpha value is -0.770. The summed E-state index contributed by atoms with van der Waals surface area (Å²) in [4.78, 5) is 4.26. The number of aromatic nitrogens is 1. The van der Waals surface area contributed by atoms with E-state index < -0.39 is 6.43 Å². The van der Waals surface area contributed by atoms with E-state index in [-0.39, 0.29) is 10.4 Å². The summed E-state index contributed by atoms with van der Waals surface area (Å²) in [6.07, 6.45) is 3.47. The average Bonchev–Trinajstić information content (AvgIpc) is 2.16. The van der Waals surface area contributed by atoms with Crippen molar-refractivity contribution in [3.8, 4) is 0 Å². The van der Waals surface area contributed by atoms with Gasteiger partial charge in [0.1, 0.15) is 0 Å². The SMILES string of the molecule is FC(F)c1cnc2c(c1)=CCC(Br)C=2. The lowest BCUT2D eigenvalue weighted by molar-refractivity contribution is 0.151. The second-order valence-corrected chi connectivity index (χ2v) is 4.34. The average molecular weight is 260 g/mol. The number of pyridine rings is 1. The van der Waals surface area contributed by atoms with E-state index in [1.807, 2.05) is 12.2 Å². The molecule has 0 saturated heterocycles. The molecule has 0 saturated carbocycles. The molecular weight excluding hydrogens is 252 g/mol. The normalized spacial score (nSPS) is 19.9. The standard InChI is InChI=1S/C10H8BrF2N/c11-8-2-1-6-3-7(10(12)13)5-14-9(6)4-8/h1,3-5,8,10H,2H2. The van der Waals surface area contributed by atoms with Gasteiger partial charge < -0.3 is 0 Å². The molecule has 0 aromatic carbocycles. The van der Waals surface area contributed by atoms with Gasteiger partial charge in [-0.3, -0.25) is 4.98 Å². The molecule has 1 atom stereocenters. The molecular formula is C10H8BrF2N. The number of rotatable bonds is 1. The molecule has 74 valence electrons. The first kappa shape index (κ1) is 9.77. The summed E-state index contributed by atoms with van der Waals surface area (Å²) in [5.41, 5.74) is -0.0126. The van der Waals surface area contributed by atoms with Crippen LogP contribution in [0.2, 0.25) is 0 Å². The summed E-state index contributed by atoms with van der Waals surface area (Å²) >= 11 is 3.43. The van der Waals surface area contributed by atoms with Crippen molar-refractivity contribution in [2.75, 3.05) is 0 Å². The van der Waals surface area contributed by atoms with Crippen LogP contribution in [0.1, 0.15) is 18.4 Å². The molecule has 4 heteroatoms. The van der Waals surface area contributed by atoms with Crippen LogP contribution < -0.4 is 10.6 Å². The van der Waals surface area contributed by atoms with Crippen molar-refractivity contribution in [1.29, 1.82) is 0 Å². The summed E-state index contributed by atoms with van der Waals surface area (Å²) in [5, 5.41) is 1.58. The molecule has 1 unspecified atom stereocenters. The van der Waals surface area contributed by atoms with Crippen LogP contribution in [0.15, 0.2) is 12.3 Å². The molecule has 0 radical (unpaired) electrons. The Bertz CT molecular complexity index is 456. The van der Waals surface area contributed by atoms with E-state index in [2.05, 4.69) is 20.9 Å². The van der Waals surface area contributed by atoms with E-state index in [0.717, 1.165) is 17.0 Å². The van der Waals surface area contributed by atoms with E-state index in [1.54, 1.807) is 0 Å². The molecule has 0 amide bonds. The minimum absolute atomic E-state index is 0.0126. The first-order chi connectivity index (χ1) is 6.66. The lowest BCUT2D eigenvalue weighted by atomic mass is 10.1. The van der Waals surface area contributed by atoms with E-state index in [9.17, 15) is 8.78 Å². The number of halogens is 3. The van der Waals surface area contributed by atoms with Gasteiger partial charge in [0.2, 0.25) is 0 Å². The zero-order valence-corrected chi connectivity index (χ0v) is 8.84. The fourth-order valence-electron chi connectivity index (χ4n) is 1.41. The monoisotopic (exact) mass is 259 g/mol. The van der Waals surface area contributed by atoms with Gasteiger partial charge in [0.15, 0.2) is 0 Å². The third-order valence-electron chi connectivity index (χ3n) is 2.12. The van der Waals surface area contributed by atoms with Crippen LogP contribution >= 0.6 is 15.9 Å². The van der Waals surface area contributed by atoms with Crippen LogP contribution in [0.5, 0.6) is 0 Å². The highest BCUT2D eigenvalue weighted by Crippen LogP contribution is 2.15. The lowest BCUT2D eigenvalue weighted by Gasteiger charge is -2.06. The lowest BCUT2D eigenvalue weighted by Crippen LogP contribution is -2.32. The Balaban J connectivity index is 2.57. The van der Waals surface area contributed by atoms with E-state index in [1.165, 1.54) is 12.3 Å². The van der Waals surface area contributed by atoms with Crippen LogP contribution in [0.25, 0.3) is 12.2 Å². The van der Waals surface area contributed by atoms with Crippen LogP contribution in [-0.4, -0.2) is 9.81 Å². The predicted molar refractivity (Wildman–Crippen MR) is 54.7 cm³/mol. The molecule has 0 spiro atoms. The quantitative estimate of drug-likeness (QED) is 0.701. The fraction of sp³-hybridized carbons (Fsp3) is 0.300. The molecule has 1 aliphatic carbocycles. The van der Waals surface area contributed by atoms with Gasteiger partial charge in [-0.15, -0.1) is 0 Å². The summed E-state index contributed by atoms with van der Waals surface area (Å²) in [6, 6.07) is 1.50. The maximum absolute atomic E-state index is 12.3. The minimum Gasteiger partial charge on any atom is -0.256 e. The molecule has 1 aromatic heterocycles. The second-order valence-electron chi connectivity index (χ2n) is 3.17. The van der Waals surface area contributed by atoms with Crippen LogP contribution in [0, 0.1) is 0 Å². The van der Waals surface area contributed by atoms with Gasteiger partial charge in [-0.05, 0) is 23.8 Å². The van der Waals surface area contributed by atoms with Crippen molar-refractivity contribution in [3.63, 3.8) is 0 Å². The van der Waals surface area contributed by atoms with Gasteiger partial charge in [-0.1, -0.05) is 22.0 Å². The Kier molecular flexibility index (Phi) is 2.63. The Morgan fingerprint density at radius 1 is 1.50 bits per heavy atom. The van der Waals surface area contributed by atoms with Crippen LogP contribution in [-0.2, 0) is 0 Å². The first-order valence-corrected chi connectivity index (χ1v) is 5.18. The molecule has 0 N–H and O–H groups in total. The maximum atomic E-state index is 12.3. The second kappa shape index (κ2) is 3.77. The predicted octanol–water partition coefficient (Wildman–Crippen LogP) is 1.75. The highest BCUT2D eigenvalue weighted by Gasteiger charge is 2.09. The molecule has 1 aromatic rings. The first-order valence-electron chi connectivity index (χ1n) is 4.27. The smallest absolute Gasteiger partial charge is 0.256 e. The molecule has 0 bridgehead atoms. The van der Waals surface area contributed by atoms with Gasteiger partial charge in [0.25, 0.3) is 6.43 Å². The summed E-state index contributed by atoms with van der Waals surface area (Å²) in [7, 11) is 0. The molecule has 14 heavy (non-hydrogen) atoms. The largest absolute Gasteiger partial charge is 0.265 e. The number of hydrogen-bond donors (Lipinski definition) is 0. The van der Waals surface area contributed by atoms with Crippen molar-refractivity contribution in [1.82, 2.24) is 4.98 Å². The zero-order chi connectivity index (χ0) is 10.1. The zero-order valence-electron chi connectivity index (χ0n) is 7.25. The molecule has 1 heterocycles. The summed E-state index contributed by atoms with van der Waals surface area (Å²) in [6.45, 7) is 0. The fourth-order valence-corrected chi connectivity index (χ4v) is 1.85. The van der Waals surface area contributed by atoms with Gasteiger partial charge in [-0.25, -0.2) is 8.78 Å². The van der Waals surface area contributed by atoms with Crippen LogP contribution in [0.4, 0.5) is 8.78 Å². The van der Waals surface area contributed by atoms with Gasteiger partial charge >= 0.3 is 0 Å². The maximum Gasteiger partial charge on any atom is 0.265 e.